The SMILES string of the molecule is CC[C@@H](C)n1nccc1NC(=O)[C@@H](C)Sc1nnc(-c2ccccc2)n1C. The lowest BCUT2D eigenvalue weighted by atomic mass is 10.2. The Labute approximate surface area is 163 Å². The fourth-order valence-electron chi connectivity index (χ4n) is 2.63. The third kappa shape index (κ3) is 4.21. The minimum atomic E-state index is -0.322. The van der Waals surface area contributed by atoms with Crippen molar-refractivity contribution in [1.82, 2.24) is 24.5 Å². The van der Waals surface area contributed by atoms with Crippen molar-refractivity contribution < 1.29 is 4.79 Å². The first-order valence-electron chi connectivity index (χ1n) is 8.97. The fourth-order valence-corrected chi connectivity index (χ4v) is 3.45. The van der Waals surface area contributed by atoms with Crippen LogP contribution in [0.3, 0.4) is 0 Å². The first-order valence-corrected chi connectivity index (χ1v) is 9.85. The molecule has 3 rings (SSSR count). The predicted octanol–water partition coefficient (Wildman–Crippen LogP) is 3.77. The van der Waals surface area contributed by atoms with Crippen LogP contribution in [0.25, 0.3) is 11.4 Å². The largest absolute Gasteiger partial charge is 0.310 e. The zero-order valence-corrected chi connectivity index (χ0v) is 16.8. The van der Waals surface area contributed by atoms with Crippen LogP contribution in [0.5, 0.6) is 0 Å². The molecule has 0 fully saturated rings. The van der Waals surface area contributed by atoms with E-state index in [1.54, 1.807) is 6.20 Å². The van der Waals surface area contributed by atoms with E-state index in [1.807, 2.05) is 59.6 Å². The molecule has 0 unspecified atom stereocenters. The molecule has 0 aliphatic carbocycles. The molecule has 0 saturated carbocycles. The maximum atomic E-state index is 12.6. The van der Waals surface area contributed by atoms with Crippen molar-refractivity contribution in [3.63, 3.8) is 0 Å². The molecule has 2 atom stereocenters. The summed E-state index contributed by atoms with van der Waals surface area (Å²) >= 11 is 1.38. The number of carbonyl (C=O) groups excluding carboxylic acids is 1. The van der Waals surface area contributed by atoms with Gasteiger partial charge in [-0.05, 0) is 20.3 Å². The summed E-state index contributed by atoms with van der Waals surface area (Å²) in [7, 11) is 1.91. The van der Waals surface area contributed by atoms with Crippen LogP contribution < -0.4 is 5.32 Å². The number of rotatable bonds is 7. The van der Waals surface area contributed by atoms with Crippen LogP contribution >= 0.6 is 11.8 Å². The lowest BCUT2D eigenvalue weighted by Gasteiger charge is -2.16. The second-order valence-electron chi connectivity index (χ2n) is 6.40. The minimum absolute atomic E-state index is 0.0886. The van der Waals surface area contributed by atoms with E-state index in [-0.39, 0.29) is 17.2 Å². The molecule has 0 bridgehead atoms. The van der Waals surface area contributed by atoms with Gasteiger partial charge in [0, 0.05) is 18.7 Å². The molecule has 2 aromatic heterocycles. The number of nitrogens with one attached hydrogen (secondary N) is 1. The van der Waals surface area contributed by atoms with Crippen LogP contribution in [0.2, 0.25) is 0 Å². The quantitative estimate of drug-likeness (QED) is 0.628. The highest BCUT2D eigenvalue weighted by Gasteiger charge is 2.21. The molecule has 27 heavy (non-hydrogen) atoms. The van der Waals surface area contributed by atoms with Crippen LogP contribution in [-0.2, 0) is 11.8 Å². The van der Waals surface area contributed by atoms with Gasteiger partial charge in [-0.2, -0.15) is 5.10 Å². The summed E-state index contributed by atoms with van der Waals surface area (Å²) < 4.78 is 3.75. The Balaban J connectivity index is 1.69. The van der Waals surface area contributed by atoms with Gasteiger partial charge in [0.05, 0.1) is 17.5 Å². The predicted molar refractivity (Wildman–Crippen MR) is 108 cm³/mol. The number of nitrogens with zero attached hydrogens (tertiary/aromatic N) is 5. The van der Waals surface area contributed by atoms with Gasteiger partial charge in [0.25, 0.3) is 0 Å². The van der Waals surface area contributed by atoms with Gasteiger partial charge < -0.3 is 9.88 Å². The second kappa shape index (κ2) is 8.39. The molecule has 142 valence electrons. The molecule has 0 aliphatic heterocycles. The molecular weight excluding hydrogens is 360 g/mol. The Bertz CT molecular complexity index is 904. The van der Waals surface area contributed by atoms with E-state index in [4.69, 9.17) is 0 Å². The average Bonchev–Trinajstić information content (AvgIpc) is 3.29. The lowest BCUT2D eigenvalue weighted by molar-refractivity contribution is -0.115. The van der Waals surface area contributed by atoms with E-state index in [9.17, 15) is 4.79 Å². The summed E-state index contributed by atoms with van der Waals surface area (Å²) in [4.78, 5) is 12.6. The molecule has 0 saturated heterocycles. The summed E-state index contributed by atoms with van der Waals surface area (Å²) in [5, 5.41) is 16.2. The molecule has 0 radical (unpaired) electrons. The van der Waals surface area contributed by atoms with Gasteiger partial charge in [-0.25, -0.2) is 4.68 Å². The molecule has 3 aromatic rings. The molecular formula is C19H24N6OS. The van der Waals surface area contributed by atoms with Crippen molar-refractivity contribution in [3.05, 3.63) is 42.6 Å². The summed E-state index contributed by atoms with van der Waals surface area (Å²) in [6.07, 6.45) is 2.64. The van der Waals surface area contributed by atoms with Crippen molar-refractivity contribution in [2.45, 2.75) is 43.6 Å². The number of hydrogen-bond acceptors (Lipinski definition) is 5. The Morgan fingerprint density at radius 1 is 1.19 bits per heavy atom. The van der Waals surface area contributed by atoms with Crippen molar-refractivity contribution in [2.75, 3.05) is 5.32 Å². The van der Waals surface area contributed by atoms with Crippen LogP contribution in [0, 0.1) is 0 Å². The summed E-state index contributed by atoms with van der Waals surface area (Å²) in [5.41, 5.74) is 0.994. The molecule has 0 aliphatic rings. The van der Waals surface area contributed by atoms with Crippen molar-refractivity contribution in [3.8, 4) is 11.4 Å². The summed E-state index contributed by atoms with van der Waals surface area (Å²) in [5.74, 6) is 1.40. The third-order valence-electron chi connectivity index (χ3n) is 4.45. The molecule has 1 aromatic carbocycles. The van der Waals surface area contributed by atoms with Crippen LogP contribution in [0.15, 0.2) is 47.8 Å². The number of benzene rings is 1. The van der Waals surface area contributed by atoms with Gasteiger partial charge in [-0.1, -0.05) is 49.0 Å². The van der Waals surface area contributed by atoms with Crippen molar-refractivity contribution in [2.24, 2.45) is 7.05 Å². The van der Waals surface area contributed by atoms with Gasteiger partial charge in [0.2, 0.25) is 5.91 Å². The molecule has 7 nitrogen and oxygen atoms in total. The van der Waals surface area contributed by atoms with Gasteiger partial charge in [-0.3, -0.25) is 4.79 Å². The molecule has 2 heterocycles. The highest BCUT2D eigenvalue weighted by Crippen LogP contribution is 2.26. The summed E-state index contributed by atoms with van der Waals surface area (Å²) in [6, 6.07) is 11.9. The van der Waals surface area contributed by atoms with E-state index in [1.165, 1.54) is 11.8 Å². The Morgan fingerprint density at radius 3 is 2.63 bits per heavy atom. The monoisotopic (exact) mass is 384 g/mol. The van der Waals surface area contributed by atoms with Gasteiger partial charge in [-0.15, -0.1) is 10.2 Å². The van der Waals surface area contributed by atoms with Crippen LogP contribution in [0.4, 0.5) is 5.82 Å². The zero-order valence-electron chi connectivity index (χ0n) is 16.0. The number of amides is 1. The number of thioether (sulfide) groups is 1. The van der Waals surface area contributed by atoms with E-state index >= 15 is 0 Å². The van der Waals surface area contributed by atoms with E-state index in [2.05, 4.69) is 34.5 Å². The summed E-state index contributed by atoms with van der Waals surface area (Å²) in [6.45, 7) is 6.03. The van der Waals surface area contributed by atoms with E-state index < -0.39 is 0 Å². The molecule has 0 spiro atoms. The standard InChI is InChI=1S/C19H24N6OS/c1-5-13(2)25-16(11-12-20-25)21-18(26)14(3)27-19-23-22-17(24(19)4)15-9-7-6-8-10-15/h6-14H,5H2,1-4H3,(H,21,26)/t13-,14-/m1/s1. The normalized spacial score (nSPS) is 13.3. The molecule has 8 heteroatoms. The first-order chi connectivity index (χ1) is 13.0. The second-order valence-corrected chi connectivity index (χ2v) is 7.71. The van der Waals surface area contributed by atoms with Crippen molar-refractivity contribution >= 4 is 23.5 Å². The topological polar surface area (TPSA) is 77.6 Å². The number of anilines is 1. The number of carbonyl (C=O) groups is 1. The van der Waals surface area contributed by atoms with E-state index in [0.29, 0.717) is 11.0 Å². The first kappa shape index (κ1) is 19.2. The van der Waals surface area contributed by atoms with Gasteiger partial charge in [0.1, 0.15) is 5.82 Å². The zero-order chi connectivity index (χ0) is 19.4. The molecule has 1 amide bonds. The molecule has 1 N–H and O–H groups in total. The number of aromatic nitrogens is 5. The number of hydrogen-bond donors (Lipinski definition) is 1. The highest BCUT2D eigenvalue weighted by molar-refractivity contribution is 8.00. The van der Waals surface area contributed by atoms with Crippen molar-refractivity contribution in [1.29, 1.82) is 0 Å². The smallest absolute Gasteiger partial charge is 0.238 e. The average molecular weight is 385 g/mol. The van der Waals surface area contributed by atoms with E-state index in [0.717, 1.165) is 17.8 Å². The lowest BCUT2D eigenvalue weighted by Crippen LogP contribution is -2.25. The Kier molecular flexibility index (Phi) is 5.95. The van der Waals surface area contributed by atoms with Gasteiger partial charge in [0.15, 0.2) is 11.0 Å². The highest BCUT2D eigenvalue weighted by atomic mass is 32.2. The van der Waals surface area contributed by atoms with Crippen LogP contribution in [-0.4, -0.2) is 35.7 Å². The fraction of sp³-hybridized carbons (Fsp3) is 0.368. The maximum Gasteiger partial charge on any atom is 0.238 e. The minimum Gasteiger partial charge on any atom is -0.310 e. The third-order valence-corrected chi connectivity index (χ3v) is 5.58. The van der Waals surface area contributed by atoms with Crippen LogP contribution in [0.1, 0.15) is 33.2 Å². The Hall–Kier alpha value is -2.61. The Morgan fingerprint density at radius 2 is 1.93 bits per heavy atom. The van der Waals surface area contributed by atoms with Gasteiger partial charge >= 0.3 is 0 Å². The maximum absolute atomic E-state index is 12.6.